The first-order valence-electron chi connectivity index (χ1n) is 27.5. The molecule has 18 rings (SSSR count). The minimum absolute atomic E-state index is 0.892. The van der Waals surface area contributed by atoms with Gasteiger partial charge in [0.25, 0.3) is 0 Å². The Kier molecular flexibility index (Phi) is 9.52. The SMILES string of the molecule is c1ccc(N2c3cccc[c]3[Ga]3[c]4nc5[c](cc4Oc4cc(-n6c7ccccc7c7ccccc76)cc2[c]43)[Ga]2[c]3ccccc3N(c3ccccc3)c3cc(-n4c6ccccc6c6ccccc64)cc([c]32)N5c2ccccc2)cc1. The van der Waals surface area contributed by atoms with Gasteiger partial charge in [0.05, 0.1) is 0 Å². The zero-order chi connectivity index (χ0) is 52.2. The molecule has 0 amide bonds. The molecule has 4 aliphatic heterocycles. The Morgan fingerprint density at radius 2 is 0.675 bits per heavy atom. The summed E-state index contributed by atoms with van der Waals surface area (Å²) < 4.78 is 20.5. The molecule has 0 radical (unpaired) electrons. The predicted molar refractivity (Wildman–Crippen MR) is 333 cm³/mol. The molecule has 0 N–H and O–H groups in total. The number of fused-ring (bicyclic) bond motifs is 14. The summed E-state index contributed by atoms with van der Waals surface area (Å²) in [5.41, 5.74) is 16.2. The van der Waals surface area contributed by atoms with Gasteiger partial charge >= 0.3 is 476 Å². The van der Waals surface area contributed by atoms with Crippen molar-refractivity contribution in [3.63, 3.8) is 0 Å². The first-order valence-corrected chi connectivity index (χ1v) is 34.8. The summed E-state index contributed by atoms with van der Waals surface area (Å²) in [6.07, 6.45) is 0. The van der Waals surface area contributed by atoms with Gasteiger partial charge in [0, 0.05) is 0 Å². The molecule has 7 heterocycles. The first-order chi connectivity index (χ1) is 39.7. The molecule has 11 aromatic carbocycles. The van der Waals surface area contributed by atoms with Crippen LogP contribution in [0.25, 0.3) is 55.0 Å². The molecule has 0 unspecified atom stereocenters. The second-order valence-corrected chi connectivity index (χ2v) is 32.5. The number of ether oxygens (including phenoxy) is 1. The molecule has 3 aromatic heterocycles. The van der Waals surface area contributed by atoms with Crippen LogP contribution in [0.2, 0.25) is 0 Å². The van der Waals surface area contributed by atoms with Crippen LogP contribution in [-0.4, -0.2) is 46.6 Å². The fraction of sp³-hybridized carbons (Fsp3) is 0. The van der Waals surface area contributed by atoms with E-state index in [1.54, 1.807) is 0 Å². The van der Waals surface area contributed by atoms with Crippen molar-refractivity contribution in [3.05, 3.63) is 267 Å². The van der Waals surface area contributed by atoms with E-state index in [2.05, 4.69) is 291 Å². The zero-order valence-corrected chi connectivity index (χ0v) is 48.0. The van der Waals surface area contributed by atoms with Crippen molar-refractivity contribution in [1.82, 2.24) is 14.1 Å². The van der Waals surface area contributed by atoms with E-state index in [-0.39, 0.29) is 0 Å². The van der Waals surface area contributed by atoms with Gasteiger partial charge in [0.1, 0.15) is 0 Å². The molecule has 80 heavy (non-hydrogen) atoms. The normalized spacial score (nSPS) is 13.5. The van der Waals surface area contributed by atoms with Crippen LogP contribution in [0.15, 0.2) is 267 Å². The van der Waals surface area contributed by atoms with E-state index >= 15 is 0 Å². The van der Waals surface area contributed by atoms with E-state index < -0.39 is 32.4 Å². The molecular formula is C71H44Ga2N6O. The van der Waals surface area contributed by atoms with Crippen LogP contribution in [-0.2, 0) is 0 Å². The van der Waals surface area contributed by atoms with Gasteiger partial charge in [-0.3, -0.25) is 0 Å². The van der Waals surface area contributed by atoms with E-state index in [1.165, 1.54) is 87.0 Å². The summed E-state index contributed by atoms with van der Waals surface area (Å²) >= 11 is -6.35. The summed E-state index contributed by atoms with van der Waals surface area (Å²) in [7, 11) is 0. The van der Waals surface area contributed by atoms with Crippen molar-refractivity contribution in [3.8, 4) is 22.9 Å². The number of para-hydroxylation sites is 9. The van der Waals surface area contributed by atoms with E-state index in [0.717, 1.165) is 55.7 Å². The Bertz CT molecular complexity index is 4820. The molecule has 14 aromatic rings. The average molecular weight is 1140 g/mol. The van der Waals surface area contributed by atoms with Crippen LogP contribution >= 0.6 is 0 Å². The summed E-state index contributed by atoms with van der Waals surface area (Å²) in [5.74, 6) is 2.83. The number of hydrogen-bond acceptors (Lipinski definition) is 5. The topological polar surface area (TPSA) is 41.7 Å². The molecule has 4 aliphatic rings. The Hall–Kier alpha value is -9.36. The Morgan fingerprint density at radius 3 is 1.18 bits per heavy atom. The fourth-order valence-electron chi connectivity index (χ4n) is 14.1. The molecule has 0 spiro atoms. The van der Waals surface area contributed by atoms with E-state index in [4.69, 9.17) is 9.72 Å². The van der Waals surface area contributed by atoms with Gasteiger partial charge in [-0.25, -0.2) is 0 Å². The summed E-state index contributed by atoms with van der Waals surface area (Å²) in [6.45, 7) is 0. The quantitative estimate of drug-likeness (QED) is 0.161. The van der Waals surface area contributed by atoms with Gasteiger partial charge in [0.15, 0.2) is 0 Å². The van der Waals surface area contributed by atoms with Gasteiger partial charge in [-0.15, -0.1) is 0 Å². The van der Waals surface area contributed by atoms with Crippen LogP contribution in [0.5, 0.6) is 11.5 Å². The van der Waals surface area contributed by atoms with Gasteiger partial charge in [-0.1, -0.05) is 0 Å². The molecule has 0 saturated carbocycles. The number of anilines is 9. The molecule has 0 bridgehead atoms. The van der Waals surface area contributed by atoms with E-state index in [1.807, 2.05) is 0 Å². The third kappa shape index (κ3) is 6.22. The fourth-order valence-corrected chi connectivity index (χ4v) is 28.6. The van der Waals surface area contributed by atoms with E-state index in [0.29, 0.717) is 0 Å². The summed E-state index contributed by atoms with van der Waals surface area (Å²) in [6, 6.07) is 98.7. The Labute approximate surface area is 472 Å². The van der Waals surface area contributed by atoms with Crippen molar-refractivity contribution >= 4 is 152 Å². The molecule has 0 fully saturated rings. The molecule has 0 aliphatic carbocycles. The maximum atomic E-state index is 7.69. The second-order valence-electron chi connectivity index (χ2n) is 21.4. The first kappa shape index (κ1) is 44.6. The van der Waals surface area contributed by atoms with Gasteiger partial charge < -0.3 is 0 Å². The van der Waals surface area contributed by atoms with Crippen molar-refractivity contribution < 1.29 is 4.74 Å². The predicted octanol–water partition coefficient (Wildman–Crippen LogP) is 13.8. The Balaban J connectivity index is 0.937. The van der Waals surface area contributed by atoms with Crippen LogP contribution < -0.4 is 44.3 Å². The van der Waals surface area contributed by atoms with Crippen LogP contribution in [0.3, 0.4) is 0 Å². The zero-order valence-electron chi connectivity index (χ0n) is 43.1. The standard InChI is InChI=1S/C71H44N6O.2Ga/c1-6-24-51(25-7-1)73(52-26-8-2-9-27-52)56-44-57(46-58(45-56)76-67-38-20-16-34-63(67)64-35-17-21-39-68(64)76)75(55-32-14-5-15-33-55)71-43-42-61(50-72-71)78-62-48-59(74(53-28-10-3-11-29-53)54-30-12-4-13-31-54)47-60(49-62)77-69-40-22-18-36-65(69)66-37-19-23-41-70(66)77;;/h1-26,28-30,32-42,45-47,49H;;. The third-order valence-corrected chi connectivity index (χ3v) is 31.0. The average Bonchev–Trinajstić information content (AvgIpc) is 3.21. The maximum absolute atomic E-state index is 7.69. The number of hydrogen-bond donors (Lipinski definition) is 0. The number of benzene rings is 11. The van der Waals surface area contributed by atoms with Gasteiger partial charge in [-0.05, 0) is 0 Å². The van der Waals surface area contributed by atoms with Gasteiger partial charge in [0.2, 0.25) is 0 Å². The van der Waals surface area contributed by atoms with Crippen molar-refractivity contribution in [1.29, 1.82) is 0 Å². The monoisotopic (exact) mass is 1130 g/mol. The molecule has 7 nitrogen and oxygen atoms in total. The number of pyridine rings is 1. The second kappa shape index (κ2) is 17.1. The molecule has 370 valence electrons. The van der Waals surface area contributed by atoms with Crippen LogP contribution in [0.4, 0.5) is 51.3 Å². The number of nitrogens with zero attached hydrogens (tertiary/aromatic N) is 6. The molecule has 0 saturated heterocycles. The van der Waals surface area contributed by atoms with Gasteiger partial charge in [-0.2, -0.15) is 0 Å². The minimum atomic E-state index is -3.19. The summed E-state index contributed by atoms with van der Waals surface area (Å²) in [5, 5.41) is 4.93. The molecule has 0 atom stereocenters. The third-order valence-electron chi connectivity index (χ3n) is 17.3. The Morgan fingerprint density at radius 1 is 0.287 bits per heavy atom. The van der Waals surface area contributed by atoms with E-state index in [9.17, 15) is 0 Å². The molecule has 9 heteroatoms. The van der Waals surface area contributed by atoms with Crippen LogP contribution in [0, 0.1) is 0 Å². The number of rotatable bonds is 5. The number of aromatic nitrogens is 3. The van der Waals surface area contributed by atoms with Crippen molar-refractivity contribution in [2.75, 3.05) is 14.7 Å². The molecular weight excluding hydrogens is 1090 g/mol. The van der Waals surface area contributed by atoms with Crippen molar-refractivity contribution in [2.24, 2.45) is 0 Å². The van der Waals surface area contributed by atoms with Crippen LogP contribution in [0.1, 0.15) is 0 Å². The van der Waals surface area contributed by atoms with Crippen molar-refractivity contribution in [2.45, 2.75) is 0 Å². The summed E-state index contributed by atoms with van der Waals surface area (Å²) in [4.78, 5) is 13.8.